The molecular weight excluding hydrogens is 342 g/mol. The second-order valence-electron chi connectivity index (χ2n) is 6.29. The van der Waals surface area contributed by atoms with Crippen molar-refractivity contribution in [1.82, 2.24) is 4.90 Å². The van der Waals surface area contributed by atoms with Gasteiger partial charge in [-0.15, -0.1) is 0 Å². The molecule has 0 radical (unpaired) electrons. The molecular formula is C18H26BrNO2. The Morgan fingerprint density at radius 1 is 1.09 bits per heavy atom. The van der Waals surface area contributed by atoms with Gasteiger partial charge in [-0.25, -0.2) is 0 Å². The topological polar surface area (TPSA) is 21.7 Å². The lowest BCUT2D eigenvalue weighted by Crippen LogP contribution is -2.51. The van der Waals surface area contributed by atoms with Gasteiger partial charge in [-0.05, 0) is 37.0 Å². The first-order chi connectivity index (χ1) is 10.8. The van der Waals surface area contributed by atoms with E-state index in [0.717, 1.165) is 43.8 Å². The quantitative estimate of drug-likeness (QED) is 0.792. The van der Waals surface area contributed by atoms with E-state index in [9.17, 15) is 0 Å². The molecule has 122 valence electrons. The smallest absolute Gasteiger partial charge is 0.0730 e. The Morgan fingerprint density at radius 3 is 2.59 bits per heavy atom. The summed E-state index contributed by atoms with van der Waals surface area (Å²) in [6.07, 6.45) is 6.55. The fourth-order valence-corrected chi connectivity index (χ4v) is 3.84. The first-order valence-corrected chi connectivity index (χ1v) is 9.30. The van der Waals surface area contributed by atoms with Crippen LogP contribution in [-0.2, 0) is 15.9 Å². The Labute approximate surface area is 142 Å². The van der Waals surface area contributed by atoms with Crippen LogP contribution in [0.4, 0.5) is 0 Å². The van der Waals surface area contributed by atoms with Crippen LogP contribution in [-0.4, -0.2) is 50.0 Å². The maximum atomic E-state index is 6.29. The summed E-state index contributed by atoms with van der Waals surface area (Å²) in [7, 11) is 0. The molecule has 4 heteroatoms. The summed E-state index contributed by atoms with van der Waals surface area (Å²) in [6, 6.07) is 9.16. The number of rotatable bonds is 5. The summed E-state index contributed by atoms with van der Waals surface area (Å²) in [4.78, 5) is 2.59. The Balaban J connectivity index is 1.49. The zero-order chi connectivity index (χ0) is 15.2. The fourth-order valence-electron chi connectivity index (χ4n) is 3.58. The van der Waals surface area contributed by atoms with Crippen molar-refractivity contribution < 1.29 is 9.47 Å². The van der Waals surface area contributed by atoms with E-state index in [0.29, 0.717) is 12.1 Å². The van der Waals surface area contributed by atoms with Gasteiger partial charge in [-0.2, -0.15) is 0 Å². The molecule has 0 aromatic heterocycles. The van der Waals surface area contributed by atoms with Crippen molar-refractivity contribution in [3.05, 3.63) is 34.3 Å². The highest BCUT2D eigenvalue weighted by molar-refractivity contribution is 9.10. The van der Waals surface area contributed by atoms with E-state index in [4.69, 9.17) is 9.47 Å². The van der Waals surface area contributed by atoms with Gasteiger partial charge in [0.15, 0.2) is 0 Å². The molecule has 1 saturated heterocycles. The first kappa shape index (κ1) is 16.4. The summed E-state index contributed by atoms with van der Waals surface area (Å²) in [5.74, 6) is 0. The molecule has 3 rings (SSSR count). The maximum absolute atomic E-state index is 6.29. The highest BCUT2D eigenvalue weighted by atomic mass is 79.9. The monoisotopic (exact) mass is 367 g/mol. The van der Waals surface area contributed by atoms with Crippen LogP contribution in [0.5, 0.6) is 0 Å². The second-order valence-corrected chi connectivity index (χ2v) is 7.20. The molecule has 0 amide bonds. The maximum Gasteiger partial charge on any atom is 0.0730 e. The van der Waals surface area contributed by atoms with Crippen LogP contribution in [0.1, 0.15) is 31.2 Å². The highest BCUT2D eigenvalue weighted by Gasteiger charge is 2.31. The van der Waals surface area contributed by atoms with Crippen molar-refractivity contribution in [2.45, 2.75) is 44.2 Å². The summed E-state index contributed by atoms with van der Waals surface area (Å²) in [6.45, 7) is 4.71. The van der Waals surface area contributed by atoms with Gasteiger partial charge < -0.3 is 9.47 Å². The Bertz CT molecular complexity index is 445. The molecule has 1 aromatic rings. The zero-order valence-corrected chi connectivity index (χ0v) is 14.8. The van der Waals surface area contributed by atoms with Crippen LogP contribution < -0.4 is 0 Å². The molecule has 1 aliphatic heterocycles. The molecule has 3 nitrogen and oxygen atoms in total. The minimum Gasteiger partial charge on any atom is -0.379 e. The van der Waals surface area contributed by atoms with Gasteiger partial charge in [0.25, 0.3) is 0 Å². The van der Waals surface area contributed by atoms with Crippen LogP contribution >= 0.6 is 15.9 Å². The van der Waals surface area contributed by atoms with E-state index in [2.05, 4.69) is 45.1 Å². The molecule has 1 aliphatic carbocycles. The predicted octanol–water partition coefficient (Wildman–Crippen LogP) is 3.65. The molecule has 2 aliphatic rings. The summed E-state index contributed by atoms with van der Waals surface area (Å²) >= 11 is 3.48. The van der Waals surface area contributed by atoms with E-state index in [1.54, 1.807) is 0 Å². The standard InChI is InChI=1S/C18H26BrNO2/c19-16-7-5-15(6-8-16)9-12-22-18-4-2-1-3-17(18)20-10-13-21-14-11-20/h5-8,17-18H,1-4,9-14H2/t17-,18+/m1/s1. The Kier molecular flexibility index (Phi) is 6.30. The summed E-state index contributed by atoms with van der Waals surface area (Å²) in [5.41, 5.74) is 1.35. The van der Waals surface area contributed by atoms with Gasteiger partial charge in [0.2, 0.25) is 0 Å². The largest absolute Gasteiger partial charge is 0.379 e. The van der Waals surface area contributed by atoms with E-state index < -0.39 is 0 Å². The van der Waals surface area contributed by atoms with Crippen molar-refractivity contribution in [2.24, 2.45) is 0 Å². The normalized spacial score (nSPS) is 27.0. The molecule has 0 spiro atoms. The average molecular weight is 368 g/mol. The number of nitrogens with zero attached hydrogens (tertiary/aromatic N) is 1. The minimum absolute atomic E-state index is 0.405. The SMILES string of the molecule is Brc1ccc(CCO[C@H]2CCCC[C@H]2N2CCOCC2)cc1. The van der Waals surface area contributed by atoms with Crippen molar-refractivity contribution in [1.29, 1.82) is 0 Å². The number of hydrogen-bond donors (Lipinski definition) is 0. The van der Waals surface area contributed by atoms with E-state index in [1.165, 1.54) is 31.2 Å². The third-order valence-electron chi connectivity index (χ3n) is 4.82. The predicted molar refractivity (Wildman–Crippen MR) is 92.2 cm³/mol. The molecule has 22 heavy (non-hydrogen) atoms. The molecule has 2 atom stereocenters. The zero-order valence-electron chi connectivity index (χ0n) is 13.2. The highest BCUT2D eigenvalue weighted by Crippen LogP contribution is 2.26. The van der Waals surface area contributed by atoms with Crippen LogP contribution in [0.3, 0.4) is 0 Å². The summed E-state index contributed by atoms with van der Waals surface area (Å²) in [5, 5.41) is 0. The molecule has 1 saturated carbocycles. The number of morpholine rings is 1. The number of ether oxygens (including phenoxy) is 2. The summed E-state index contributed by atoms with van der Waals surface area (Å²) < 4.78 is 12.9. The molecule has 0 bridgehead atoms. The van der Waals surface area contributed by atoms with E-state index >= 15 is 0 Å². The van der Waals surface area contributed by atoms with Gasteiger partial charge in [-0.1, -0.05) is 40.9 Å². The fraction of sp³-hybridized carbons (Fsp3) is 0.667. The molecule has 0 N–H and O–H groups in total. The van der Waals surface area contributed by atoms with E-state index in [-0.39, 0.29) is 0 Å². The van der Waals surface area contributed by atoms with E-state index in [1.807, 2.05) is 0 Å². The number of halogens is 1. The Hall–Kier alpha value is -0.420. The third-order valence-corrected chi connectivity index (χ3v) is 5.35. The average Bonchev–Trinajstić information content (AvgIpc) is 2.58. The van der Waals surface area contributed by atoms with Gasteiger partial charge >= 0.3 is 0 Å². The van der Waals surface area contributed by atoms with Crippen LogP contribution in [0.25, 0.3) is 0 Å². The van der Waals surface area contributed by atoms with Gasteiger partial charge in [-0.3, -0.25) is 4.90 Å². The van der Waals surface area contributed by atoms with Crippen molar-refractivity contribution in [3.8, 4) is 0 Å². The van der Waals surface area contributed by atoms with Crippen LogP contribution in [0, 0.1) is 0 Å². The van der Waals surface area contributed by atoms with Crippen LogP contribution in [0.15, 0.2) is 28.7 Å². The van der Waals surface area contributed by atoms with Gasteiger partial charge in [0.1, 0.15) is 0 Å². The van der Waals surface area contributed by atoms with Crippen molar-refractivity contribution >= 4 is 15.9 Å². The molecule has 2 fully saturated rings. The molecule has 1 aromatic carbocycles. The van der Waals surface area contributed by atoms with Crippen molar-refractivity contribution in [2.75, 3.05) is 32.9 Å². The lowest BCUT2D eigenvalue weighted by Gasteiger charge is -2.41. The van der Waals surface area contributed by atoms with Gasteiger partial charge in [0, 0.05) is 23.6 Å². The third kappa shape index (κ3) is 4.54. The van der Waals surface area contributed by atoms with Crippen molar-refractivity contribution in [3.63, 3.8) is 0 Å². The molecule has 1 heterocycles. The lowest BCUT2D eigenvalue weighted by molar-refractivity contribution is -0.0647. The van der Waals surface area contributed by atoms with Gasteiger partial charge in [0.05, 0.1) is 25.9 Å². The second kappa shape index (κ2) is 8.44. The van der Waals surface area contributed by atoms with Crippen LogP contribution in [0.2, 0.25) is 0 Å². The Morgan fingerprint density at radius 2 is 1.82 bits per heavy atom. The lowest BCUT2D eigenvalue weighted by atomic mass is 9.91. The number of hydrogen-bond acceptors (Lipinski definition) is 3. The number of benzene rings is 1. The minimum atomic E-state index is 0.405. The first-order valence-electron chi connectivity index (χ1n) is 8.51. The molecule has 0 unspecified atom stereocenters.